The van der Waals surface area contributed by atoms with Gasteiger partial charge in [-0.25, -0.2) is 9.59 Å². The minimum absolute atomic E-state index is 0.0130. The fourth-order valence-corrected chi connectivity index (χ4v) is 2.64. The number of nitrogens with two attached hydrogens (primary N) is 1. The highest BCUT2D eigenvalue weighted by Crippen LogP contribution is 2.30. The predicted molar refractivity (Wildman–Crippen MR) is 119 cm³/mol. The third-order valence-electron chi connectivity index (χ3n) is 4.23. The topological polar surface area (TPSA) is 162 Å². The maximum Gasteiger partial charge on any atom is 0.490 e. The van der Waals surface area contributed by atoms with E-state index in [0.717, 1.165) is 17.7 Å². The van der Waals surface area contributed by atoms with Crippen molar-refractivity contribution in [2.45, 2.75) is 18.9 Å². The molecule has 1 aromatic heterocycles. The molecule has 10 nitrogen and oxygen atoms in total. The summed E-state index contributed by atoms with van der Waals surface area (Å²) in [7, 11) is 0. The number of carbonyl (C=O) groups excluding carboxylic acids is 2. The first kappa shape index (κ1) is 28.5. The summed E-state index contributed by atoms with van der Waals surface area (Å²) in [5, 5.41) is 21.3. The second-order valence-electron chi connectivity index (χ2n) is 7.03. The van der Waals surface area contributed by atoms with Gasteiger partial charge in [0.1, 0.15) is 0 Å². The standard InChI is InChI=1S/C19H17F3N6O2.C2HF3O2/c20-19(21,22)12-4-2-6-14(8-12)27-18(30)26-13-5-1-3-11(7-13)9-24-15-10-25-28-16(15)17(23)29;3-2(4,5)1(6)7/h1-8,10,24H,9H2,(H2,23,29)(H,25,28)(H2,26,27,30);(H,6,7). The number of hydrogen-bond donors (Lipinski definition) is 6. The zero-order valence-corrected chi connectivity index (χ0v) is 18.4. The van der Waals surface area contributed by atoms with E-state index in [9.17, 15) is 35.9 Å². The lowest BCUT2D eigenvalue weighted by Gasteiger charge is -2.12. The summed E-state index contributed by atoms with van der Waals surface area (Å²) >= 11 is 0. The summed E-state index contributed by atoms with van der Waals surface area (Å²) in [5.41, 5.74) is 6.09. The van der Waals surface area contributed by atoms with Crippen LogP contribution in [0.15, 0.2) is 54.7 Å². The Labute approximate surface area is 203 Å². The molecule has 0 fully saturated rings. The molecular formula is C21H18F6N6O4. The van der Waals surface area contributed by atoms with Gasteiger partial charge >= 0.3 is 24.4 Å². The Morgan fingerprint density at radius 1 is 0.946 bits per heavy atom. The van der Waals surface area contributed by atoms with Gasteiger partial charge < -0.3 is 26.8 Å². The lowest BCUT2D eigenvalue weighted by atomic mass is 10.2. The number of carboxylic acid groups (broad SMARTS) is 1. The van der Waals surface area contributed by atoms with Crippen molar-refractivity contribution in [2.75, 3.05) is 16.0 Å². The molecule has 1 heterocycles. The maximum atomic E-state index is 12.8. The van der Waals surface area contributed by atoms with Crippen LogP contribution < -0.4 is 21.7 Å². The molecule has 3 rings (SSSR count). The fraction of sp³-hybridized carbons (Fsp3) is 0.143. The molecular weight excluding hydrogens is 514 g/mol. The molecule has 0 spiro atoms. The number of nitrogens with one attached hydrogen (secondary N) is 4. The molecule has 0 aliphatic heterocycles. The summed E-state index contributed by atoms with van der Waals surface area (Å²) < 4.78 is 70.1. The molecule has 2 aromatic carbocycles. The van der Waals surface area contributed by atoms with E-state index in [2.05, 4.69) is 26.1 Å². The van der Waals surface area contributed by atoms with E-state index >= 15 is 0 Å². The van der Waals surface area contributed by atoms with E-state index in [0.29, 0.717) is 17.9 Å². The fourth-order valence-electron chi connectivity index (χ4n) is 2.64. The second kappa shape index (κ2) is 11.8. The van der Waals surface area contributed by atoms with Gasteiger partial charge in [0.25, 0.3) is 5.91 Å². The van der Waals surface area contributed by atoms with Gasteiger partial charge in [-0.15, -0.1) is 0 Å². The minimum Gasteiger partial charge on any atom is -0.475 e. The van der Waals surface area contributed by atoms with Crippen LogP contribution in [0.2, 0.25) is 0 Å². The highest BCUT2D eigenvalue weighted by molar-refractivity contribution is 6.00. The van der Waals surface area contributed by atoms with Crippen LogP contribution >= 0.6 is 0 Å². The number of aromatic nitrogens is 2. The molecule has 3 aromatic rings. The molecule has 0 saturated heterocycles. The number of anilines is 3. The highest BCUT2D eigenvalue weighted by atomic mass is 19.4. The average molecular weight is 532 g/mol. The van der Waals surface area contributed by atoms with Crippen molar-refractivity contribution >= 4 is 35.0 Å². The summed E-state index contributed by atoms with van der Waals surface area (Å²) in [5.74, 6) is -3.44. The normalized spacial score (nSPS) is 11.1. The van der Waals surface area contributed by atoms with Crippen LogP contribution in [-0.2, 0) is 17.5 Å². The number of alkyl halides is 6. The first-order chi connectivity index (χ1) is 17.2. The molecule has 0 unspecified atom stereocenters. The number of carboxylic acids is 1. The number of rotatable bonds is 6. The highest BCUT2D eigenvalue weighted by Gasteiger charge is 2.38. The molecule has 0 saturated carbocycles. The van der Waals surface area contributed by atoms with Gasteiger partial charge in [-0.1, -0.05) is 18.2 Å². The maximum absolute atomic E-state index is 12.8. The summed E-state index contributed by atoms with van der Waals surface area (Å²) in [4.78, 5) is 32.3. The number of aromatic amines is 1. The number of carbonyl (C=O) groups is 3. The smallest absolute Gasteiger partial charge is 0.475 e. The number of hydrogen-bond acceptors (Lipinski definition) is 5. The lowest BCUT2D eigenvalue weighted by molar-refractivity contribution is -0.192. The van der Waals surface area contributed by atoms with Gasteiger partial charge in [0.2, 0.25) is 0 Å². The summed E-state index contributed by atoms with van der Waals surface area (Å²) in [6.45, 7) is 0.310. The van der Waals surface area contributed by atoms with E-state index in [-0.39, 0.29) is 11.4 Å². The van der Waals surface area contributed by atoms with Crippen LogP contribution in [0.1, 0.15) is 21.6 Å². The van der Waals surface area contributed by atoms with Crippen LogP contribution in [-0.4, -0.2) is 39.4 Å². The lowest BCUT2D eigenvalue weighted by Crippen LogP contribution is -2.21. The van der Waals surface area contributed by atoms with Crippen molar-refractivity contribution in [3.8, 4) is 0 Å². The number of primary amides is 1. The number of halogens is 6. The number of H-pyrrole nitrogens is 1. The van der Waals surface area contributed by atoms with Crippen molar-refractivity contribution in [3.05, 3.63) is 71.5 Å². The van der Waals surface area contributed by atoms with Crippen LogP contribution in [0.5, 0.6) is 0 Å². The molecule has 7 N–H and O–H groups in total. The molecule has 0 radical (unpaired) electrons. The number of aliphatic carboxylic acids is 1. The second-order valence-corrected chi connectivity index (χ2v) is 7.03. The summed E-state index contributed by atoms with van der Waals surface area (Å²) in [6.07, 6.45) is -8.09. The zero-order chi connectivity index (χ0) is 27.8. The van der Waals surface area contributed by atoms with Crippen molar-refractivity contribution in [2.24, 2.45) is 5.73 Å². The molecule has 37 heavy (non-hydrogen) atoms. The van der Waals surface area contributed by atoms with E-state index in [1.807, 2.05) is 0 Å². The van der Waals surface area contributed by atoms with E-state index < -0.39 is 35.8 Å². The Balaban J connectivity index is 0.000000604. The van der Waals surface area contributed by atoms with Gasteiger partial charge in [-0.3, -0.25) is 9.89 Å². The molecule has 16 heteroatoms. The first-order valence-corrected chi connectivity index (χ1v) is 9.88. The van der Waals surface area contributed by atoms with Crippen LogP contribution in [0.4, 0.5) is 48.2 Å². The molecule has 0 aliphatic carbocycles. The Morgan fingerprint density at radius 3 is 2.05 bits per heavy atom. The quantitative estimate of drug-likeness (QED) is 0.258. The zero-order valence-electron chi connectivity index (χ0n) is 18.4. The van der Waals surface area contributed by atoms with Gasteiger partial charge in [0.15, 0.2) is 5.69 Å². The van der Waals surface area contributed by atoms with Gasteiger partial charge in [-0.2, -0.15) is 31.4 Å². The number of nitrogens with zero attached hydrogens (tertiary/aromatic N) is 1. The molecule has 3 amide bonds. The number of amides is 3. The Hall–Kier alpha value is -4.76. The van der Waals surface area contributed by atoms with Crippen molar-refractivity contribution in [3.63, 3.8) is 0 Å². The van der Waals surface area contributed by atoms with Gasteiger partial charge in [0.05, 0.1) is 11.3 Å². The van der Waals surface area contributed by atoms with Crippen molar-refractivity contribution in [1.82, 2.24) is 10.2 Å². The van der Waals surface area contributed by atoms with Crippen molar-refractivity contribution in [1.29, 1.82) is 0 Å². The van der Waals surface area contributed by atoms with E-state index in [1.165, 1.54) is 18.3 Å². The van der Waals surface area contributed by atoms with Crippen LogP contribution in [0.25, 0.3) is 0 Å². The summed E-state index contributed by atoms with van der Waals surface area (Å²) in [6, 6.07) is 10.4. The van der Waals surface area contributed by atoms with Crippen LogP contribution in [0.3, 0.4) is 0 Å². The minimum atomic E-state index is -5.08. The largest absolute Gasteiger partial charge is 0.490 e. The third kappa shape index (κ3) is 9.08. The van der Waals surface area contributed by atoms with E-state index in [4.69, 9.17) is 15.6 Å². The van der Waals surface area contributed by atoms with Crippen molar-refractivity contribution < 1.29 is 45.8 Å². The Kier molecular flexibility index (Phi) is 9.07. The number of urea groups is 1. The molecule has 198 valence electrons. The molecule has 0 aliphatic rings. The Bertz CT molecular complexity index is 1260. The predicted octanol–water partition coefficient (Wildman–Crippen LogP) is 4.42. The van der Waals surface area contributed by atoms with Crippen LogP contribution in [0, 0.1) is 0 Å². The van der Waals surface area contributed by atoms with Gasteiger partial charge in [0, 0.05) is 24.1 Å². The third-order valence-corrected chi connectivity index (χ3v) is 4.23. The average Bonchev–Trinajstić information content (AvgIpc) is 3.26. The monoisotopic (exact) mass is 532 g/mol. The molecule has 0 atom stereocenters. The number of benzene rings is 2. The first-order valence-electron chi connectivity index (χ1n) is 9.88. The Morgan fingerprint density at radius 2 is 1.51 bits per heavy atom. The SMILES string of the molecule is NC(=O)c1n[nH]cc1NCc1cccc(NC(=O)Nc2cccc(C(F)(F)F)c2)c1.O=C(O)C(F)(F)F. The molecule has 0 bridgehead atoms. The van der Waals surface area contributed by atoms with E-state index in [1.54, 1.807) is 24.3 Å². The van der Waals surface area contributed by atoms with Gasteiger partial charge in [-0.05, 0) is 35.9 Å².